The molecular weight excluding hydrogens is 400 g/mol. The van der Waals surface area contributed by atoms with Crippen molar-refractivity contribution in [2.45, 2.75) is 78.9 Å². The molecule has 0 aliphatic carbocycles. The second-order valence-corrected chi connectivity index (χ2v) is 10.5. The summed E-state index contributed by atoms with van der Waals surface area (Å²) in [4.78, 5) is 27.5. The third-order valence-electron chi connectivity index (χ3n) is 5.22. The number of aryl methyl sites for hydroxylation is 1. The Bertz CT molecular complexity index is 904. The number of carbonyl (C=O) groups is 2. The highest BCUT2D eigenvalue weighted by Crippen LogP contribution is 2.24. The SMILES string of the molecule is Cc1ccc(CN(C(=O)COc2ccc(C(C)(C)C)cc2)C(C)C(=O)NC(C)(C)C)cc1. The molecule has 0 fully saturated rings. The number of nitrogens with one attached hydrogen (secondary N) is 1. The molecule has 2 amide bonds. The molecule has 5 heteroatoms. The number of hydrogen-bond acceptors (Lipinski definition) is 3. The van der Waals surface area contributed by atoms with E-state index >= 15 is 0 Å². The number of rotatable bonds is 7. The molecule has 0 spiro atoms. The van der Waals surface area contributed by atoms with E-state index in [2.05, 4.69) is 26.1 Å². The lowest BCUT2D eigenvalue weighted by molar-refractivity contribution is -0.142. The third kappa shape index (κ3) is 7.70. The number of carbonyl (C=O) groups excluding carboxylic acids is 2. The van der Waals surface area contributed by atoms with E-state index in [-0.39, 0.29) is 29.4 Å². The number of nitrogens with zero attached hydrogens (tertiary/aromatic N) is 1. The van der Waals surface area contributed by atoms with Crippen LogP contribution in [0.4, 0.5) is 0 Å². The Hall–Kier alpha value is -2.82. The summed E-state index contributed by atoms with van der Waals surface area (Å²) in [5.74, 6) is 0.211. The van der Waals surface area contributed by atoms with Gasteiger partial charge in [-0.25, -0.2) is 0 Å². The molecule has 0 saturated heterocycles. The van der Waals surface area contributed by atoms with Crippen molar-refractivity contribution in [3.05, 3.63) is 65.2 Å². The quantitative estimate of drug-likeness (QED) is 0.662. The first-order valence-corrected chi connectivity index (χ1v) is 11.2. The molecule has 0 saturated carbocycles. The summed E-state index contributed by atoms with van der Waals surface area (Å²) in [6.07, 6.45) is 0. The Balaban J connectivity index is 2.15. The fraction of sp³-hybridized carbons (Fsp3) is 0.481. The smallest absolute Gasteiger partial charge is 0.261 e. The maximum Gasteiger partial charge on any atom is 0.261 e. The highest BCUT2D eigenvalue weighted by Gasteiger charge is 2.28. The van der Waals surface area contributed by atoms with Crippen LogP contribution < -0.4 is 10.1 Å². The topological polar surface area (TPSA) is 58.6 Å². The summed E-state index contributed by atoms with van der Waals surface area (Å²) in [6.45, 7) is 16.2. The molecule has 2 aromatic rings. The predicted octanol–water partition coefficient (Wildman–Crippen LogP) is 5.00. The zero-order chi connectivity index (χ0) is 24.1. The standard InChI is InChI=1S/C27H38N2O3/c1-19-9-11-21(12-10-19)17-29(20(2)25(31)28-27(6,7)8)24(30)18-32-23-15-13-22(14-16-23)26(3,4)5/h9-16,20H,17-18H2,1-8H3,(H,28,31). The van der Waals surface area contributed by atoms with Crippen LogP contribution in [-0.2, 0) is 21.5 Å². The zero-order valence-corrected chi connectivity index (χ0v) is 20.8. The third-order valence-corrected chi connectivity index (χ3v) is 5.22. The van der Waals surface area contributed by atoms with Gasteiger partial charge in [-0.1, -0.05) is 62.7 Å². The Kier molecular flexibility index (Phi) is 8.11. The van der Waals surface area contributed by atoms with Crippen LogP contribution in [0.25, 0.3) is 0 Å². The van der Waals surface area contributed by atoms with Gasteiger partial charge in [0.1, 0.15) is 11.8 Å². The summed E-state index contributed by atoms with van der Waals surface area (Å²) < 4.78 is 5.78. The minimum Gasteiger partial charge on any atom is -0.484 e. The molecule has 0 aromatic heterocycles. The number of hydrogen-bond donors (Lipinski definition) is 1. The van der Waals surface area contributed by atoms with Gasteiger partial charge < -0.3 is 15.0 Å². The molecule has 0 aliphatic rings. The van der Waals surface area contributed by atoms with Crippen molar-refractivity contribution in [1.82, 2.24) is 10.2 Å². The van der Waals surface area contributed by atoms with E-state index in [1.165, 1.54) is 5.56 Å². The number of ether oxygens (including phenoxy) is 1. The first-order valence-electron chi connectivity index (χ1n) is 11.2. The zero-order valence-electron chi connectivity index (χ0n) is 20.8. The number of amides is 2. The van der Waals surface area contributed by atoms with E-state index in [9.17, 15) is 9.59 Å². The highest BCUT2D eigenvalue weighted by atomic mass is 16.5. The van der Waals surface area contributed by atoms with Crippen LogP contribution in [0.3, 0.4) is 0 Å². The molecular formula is C27H38N2O3. The Morgan fingerprint density at radius 1 is 0.938 bits per heavy atom. The summed E-state index contributed by atoms with van der Waals surface area (Å²) in [7, 11) is 0. The lowest BCUT2D eigenvalue weighted by Crippen LogP contribution is -2.53. The van der Waals surface area contributed by atoms with Crippen LogP contribution in [-0.4, -0.2) is 34.9 Å². The van der Waals surface area contributed by atoms with Crippen LogP contribution in [0.1, 0.15) is 65.2 Å². The Labute approximate surface area is 193 Å². The van der Waals surface area contributed by atoms with Gasteiger partial charge in [-0.05, 0) is 63.3 Å². The minimum atomic E-state index is -0.630. The maximum absolute atomic E-state index is 13.1. The van der Waals surface area contributed by atoms with Gasteiger partial charge in [0.2, 0.25) is 5.91 Å². The fourth-order valence-electron chi connectivity index (χ4n) is 3.23. The normalized spacial score (nSPS) is 12.8. The van der Waals surface area contributed by atoms with Gasteiger partial charge in [0.15, 0.2) is 6.61 Å². The summed E-state index contributed by atoms with van der Waals surface area (Å²) in [6, 6.07) is 15.1. The molecule has 174 valence electrons. The van der Waals surface area contributed by atoms with Gasteiger partial charge in [0, 0.05) is 12.1 Å². The van der Waals surface area contributed by atoms with E-state index in [1.807, 2.05) is 76.2 Å². The largest absolute Gasteiger partial charge is 0.484 e. The minimum absolute atomic E-state index is 0.0506. The van der Waals surface area contributed by atoms with Crippen molar-refractivity contribution in [1.29, 1.82) is 0 Å². The molecule has 0 heterocycles. The summed E-state index contributed by atoms with van der Waals surface area (Å²) in [5.41, 5.74) is 2.98. The second kappa shape index (κ2) is 10.2. The number of benzene rings is 2. The molecule has 1 N–H and O–H groups in total. The van der Waals surface area contributed by atoms with Gasteiger partial charge in [0.05, 0.1) is 0 Å². The Morgan fingerprint density at radius 3 is 2.00 bits per heavy atom. The van der Waals surface area contributed by atoms with Crippen LogP contribution in [0.5, 0.6) is 5.75 Å². The van der Waals surface area contributed by atoms with Crippen LogP contribution in [0.2, 0.25) is 0 Å². The monoisotopic (exact) mass is 438 g/mol. The second-order valence-electron chi connectivity index (χ2n) is 10.5. The average Bonchev–Trinajstić information content (AvgIpc) is 2.69. The van der Waals surface area contributed by atoms with E-state index in [0.717, 1.165) is 11.1 Å². The summed E-state index contributed by atoms with van der Waals surface area (Å²) in [5, 5.41) is 2.97. The van der Waals surface area contributed by atoms with Crippen molar-refractivity contribution in [2.24, 2.45) is 0 Å². The van der Waals surface area contributed by atoms with Crippen molar-refractivity contribution in [2.75, 3.05) is 6.61 Å². The first-order chi connectivity index (χ1) is 14.8. The highest BCUT2D eigenvalue weighted by molar-refractivity contribution is 5.88. The van der Waals surface area contributed by atoms with Gasteiger partial charge in [-0.3, -0.25) is 9.59 Å². The molecule has 1 atom stereocenters. The summed E-state index contributed by atoms with van der Waals surface area (Å²) >= 11 is 0. The average molecular weight is 439 g/mol. The predicted molar refractivity (Wildman–Crippen MR) is 130 cm³/mol. The van der Waals surface area contributed by atoms with E-state index in [1.54, 1.807) is 11.8 Å². The molecule has 5 nitrogen and oxygen atoms in total. The first kappa shape index (κ1) is 25.4. The van der Waals surface area contributed by atoms with Crippen LogP contribution in [0.15, 0.2) is 48.5 Å². The molecule has 32 heavy (non-hydrogen) atoms. The van der Waals surface area contributed by atoms with E-state index < -0.39 is 6.04 Å². The lowest BCUT2D eigenvalue weighted by atomic mass is 9.87. The van der Waals surface area contributed by atoms with Crippen LogP contribution in [0, 0.1) is 6.92 Å². The molecule has 2 rings (SSSR count). The lowest BCUT2D eigenvalue weighted by Gasteiger charge is -2.31. The van der Waals surface area contributed by atoms with Gasteiger partial charge in [0.25, 0.3) is 5.91 Å². The van der Waals surface area contributed by atoms with Crippen molar-refractivity contribution >= 4 is 11.8 Å². The van der Waals surface area contributed by atoms with E-state index in [4.69, 9.17) is 4.74 Å². The maximum atomic E-state index is 13.1. The van der Waals surface area contributed by atoms with Crippen molar-refractivity contribution < 1.29 is 14.3 Å². The molecule has 0 radical (unpaired) electrons. The van der Waals surface area contributed by atoms with Crippen LogP contribution >= 0.6 is 0 Å². The molecule has 0 aliphatic heterocycles. The molecule has 0 bridgehead atoms. The molecule has 2 aromatic carbocycles. The van der Waals surface area contributed by atoms with E-state index in [0.29, 0.717) is 12.3 Å². The fourth-order valence-corrected chi connectivity index (χ4v) is 3.23. The van der Waals surface area contributed by atoms with Gasteiger partial charge >= 0.3 is 0 Å². The molecule has 1 unspecified atom stereocenters. The van der Waals surface area contributed by atoms with Gasteiger partial charge in [-0.15, -0.1) is 0 Å². The Morgan fingerprint density at radius 2 is 1.50 bits per heavy atom. The van der Waals surface area contributed by atoms with Gasteiger partial charge in [-0.2, -0.15) is 0 Å². The van der Waals surface area contributed by atoms with Crippen molar-refractivity contribution in [3.8, 4) is 5.75 Å². The van der Waals surface area contributed by atoms with Crippen molar-refractivity contribution in [3.63, 3.8) is 0 Å².